The highest BCUT2D eigenvalue weighted by atomic mass is 19.2. The molecule has 0 bridgehead atoms. The second kappa shape index (κ2) is 7.34. The Labute approximate surface area is 150 Å². The van der Waals surface area contributed by atoms with Gasteiger partial charge in [-0.1, -0.05) is 12.1 Å². The van der Waals surface area contributed by atoms with Crippen LogP contribution in [-0.2, 0) is 6.61 Å². The third-order valence-corrected chi connectivity index (χ3v) is 3.85. The summed E-state index contributed by atoms with van der Waals surface area (Å²) in [6, 6.07) is 7.11. The van der Waals surface area contributed by atoms with Crippen LogP contribution in [0.2, 0.25) is 0 Å². The van der Waals surface area contributed by atoms with Gasteiger partial charge in [0.25, 0.3) is 0 Å². The molecule has 1 nitrogen and oxygen atoms in total. The third-order valence-electron chi connectivity index (χ3n) is 3.85. The Kier molecular flexibility index (Phi) is 5.12. The number of aryl methyl sites for hydroxylation is 1. The lowest BCUT2D eigenvalue weighted by molar-refractivity contribution is 0.273. The summed E-state index contributed by atoms with van der Waals surface area (Å²) in [5, 5.41) is 0. The van der Waals surface area contributed by atoms with Gasteiger partial charge in [-0.05, 0) is 53.9 Å². The SMILES string of the molecule is Cc1cc(F)c(OCc2ccc(-c3cc(F)c(F)c(F)c3)c(F)c2)c(F)c1. The lowest BCUT2D eigenvalue weighted by Crippen LogP contribution is -2.01. The van der Waals surface area contributed by atoms with Gasteiger partial charge in [0.05, 0.1) is 0 Å². The number of hydrogen-bond acceptors (Lipinski definition) is 1. The van der Waals surface area contributed by atoms with Crippen LogP contribution < -0.4 is 4.74 Å². The van der Waals surface area contributed by atoms with Gasteiger partial charge in [0.2, 0.25) is 0 Å². The molecule has 3 aromatic rings. The Hall–Kier alpha value is -2.96. The molecule has 0 aliphatic carbocycles. The topological polar surface area (TPSA) is 9.23 Å². The van der Waals surface area contributed by atoms with Crippen LogP contribution in [-0.4, -0.2) is 0 Å². The number of ether oxygens (including phenoxy) is 1. The number of halogens is 6. The van der Waals surface area contributed by atoms with Crippen molar-refractivity contribution >= 4 is 0 Å². The average molecular weight is 382 g/mol. The first-order valence-electron chi connectivity index (χ1n) is 7.78. The molecule has 3 aromatic carbocycles. The average Bonchev–Trinajstić information content (AvgIpc) is 2.58. The maximum absolute atomic E-state index is 14.3. The monoisotopic (exact) mass is 382 g/mol. The van der Waals surface area contributed by atoms with Gasteiger partial charge in [0, 0.05) is 5.56 Å². The van der Waals surface area contributed by atoms with Crippen molar-refractivity contribution in [1.82, 2.24) is 0 Å². The molecule has 0 fully saturated rings. The van der Waals surface area contributed by atoms with Crippen molar-refractivity contribution < 1.29 is 31.1 Å². The normalized spacial score (nSPS) is 10.9. The summed E-state index contributed by atoms with van der Waals surface area (Å²) in [4.78, 5) is 0. The largest absolute Gasteiger partial charge is 0.483 e. The van der Waals surface area contributed by atoms with Crippen molar-refractivity contribution in [1.29, 1.82) is 0 Å². The fourth-order valence-corrected chi connectivity index (χ4v) is 2.57. The van der Waals surface area contributed by atoms with Crippen molar-refractivity contribution in [2.75, 3.05) is 0 Å². The molecule has 7 heteroatoms. The minimum atomic E-state index is -1.65. The molecule has 140 valence electrons. The summed E-state index contributed by atoms with van der Waals surface area (Å²) in [6.45, 7) is 1.19. The molecule has 27 heavy (non-hydrogen) atoms. The Morgan fingerprint density at radius 2 is 1.30 bits per heavy atom. The quantitative estimate of drug-likeness (QED) is 0.393. The van der Waals surface area contributed by atoms with Crippen LogP contribution >= 0.6 is 0 Å². The summed E-state index contributed by atoms with van der Waals surface area (Å²) in [7, 11) is 0. The zero-order valence-electron chi connectivity index (χ0n) is 13.9. The minimum Gasteiger partial charge on any atom is -0.483 e. The standard InChI is InChI=1S/C20H12F6O/c1-10-4-17(24)20(18(25)5-10)27-9-11-2-3-13(14(21)6-11)12-7-15(22)19(26)16(23)8-12/h2-8H,9H2,1H3. The van der Waals surface area contributed by atoms with Gasteiger partial charge in [0.1, 0.15) is 12.4 Å². The van der Waals surface area contributed by atoms with E-state index in [-0.39, 0.29) is 23.3 Å². The van der Waals surface area contributed by atoms with E-state index in [9.17, 15) is 26.3 Å². The first-order valence-corrected chi connectivity index (χ1v) is 7.78. The van der Waals surface area contributed by atoms with Crippen LogP contribution in [0.25, 0.3) is 11.1 Å². The molecule has 0 saturated heterocycles. The highest BCUT2D eigenvalue weighted by molar-refractivity contribution is 5.64. The van der Waals surface area contributed by atoms with E-state index in [1.165, 1.54) is 19.1 Å². The molecule has 0 aliphatic heterocycles. The molecule has 0 aromatic heterocycles. The molecule has 0 saturated carbocycles. The molecular formula is C20H12F6O. The predicted molar refractivity (Wildman–Crippen MR) is 87.1 cm³/mol. The minimum absolute atomic E-state index is 0.163. The van der Waals surface area contributed by atoms with Crippen LogP contribution in [0.1, 0.15) is 11.1 Å². The molecule has 0 amide bonds. The lowest BCUT2D eigenvalue weighted by atomic mass is 10.0. The summed E-state index contributed by atoms with van der Waals surface area (Å²) < 4.78 is 86.5. The fraction of sp³-hybridized carbons (Fsp3) is 0.100. The van der Waals surface area contributed by atoms with Crippen LogP contribution in [0.4, 0.5) is 26.3 Å². The Bertz CT molecular complexity index is 969. The fourth-order valence-electron chi connectivity index (χ4n) is 2.57. The van der Waals surface area contributed by atoms with Gasteiger partial charge < -0.3 is 4.74 Å². The third kappa shape index (κ3) is 3.92. The van der Waals surface area contributed by atoms with Gasteiger partial charge in [-0.15, -0.1) is 0 Å². The number of rotatable bonds is 4. The highest BCUT2D eigenvalue weighted by Gasteiger charge is 2.15. The summed E-state index contributed by atoms with van der Waals surface area (Å²) in [5.41, 5.74) is 0.265. The summed E-state index contributed by atoms with van der Waals surface area (Å²) in [6.07, 6.45) is 0. The second-order valence-corrected chi connectivity index (χ2v) is 5.91. The van der Waals surface area contributed by atoms with Crippen molar-refractivity contribution in [3.63, 3.8) is 0 Å². The maximum Gasteiger partial charge on any atom is 0.194 e. The number of benzene rings is 3. The Morgan fingerprint density at radius 3 is 1.85 bits per heavy atom. The van der Waals surface area contributed by atoms with Crippen molar-refractivity contribution in [2.24, 2.45) is 0 Å². The van der Waals surface area contributed by atoms with Crippen molar-refractivity contribution in [3.8, 4) is 16.9 Å². The molecule has 0 N–H and O–H groups in total. The summed E-state index contributed by atoms with van der Waals surface area (Å²) in [5.74, 6) is -7.75. The zero-order chi connectivity index (χ0) is 19.7. The molecule has 0 unspecified atom stereocenters. The summed E-state index contributed by atoms with van der Waals surface area (Å²) >= 11 is 0. The van der Waals surface area contributed by atoms with Gasteiger partial charge in [-0.25, -0.2) is 26.3 Å². The van der Waals surface area contributed by atoms with Crippen molar-refractivity contribution in [3.05, 3.63) is 88.5 Å². The van der Waals surface area contributed by atoms with Crippen molar-refractivity contribution in [2.45, 2.75) is 13.5 Å². The van der Waals surface area contributed by atoms with Gasteiger partial charge in [-0.3, -0.25) is 0 Å². The zero-order valence-corrected chi connectivity index (χ0v) is 13.9. The molecule has 0 aliphatic rings. The van der Waals surface area contributed by atoms with Crippen LogP contribution in [0, 0.1) is 41.8 Å². The van der Waals surface area contributed by atoms with E-state index < -0.39 is 40.7 Å². The molecule has 3 rings (SSSR count). The molecule has 0 spiro atoms. The first kappa shape index (κ1) is 18.8. The predicted octanol–water partition coefficient (Wildman–Crippen LogP) is 6.08. The molecule has 0 heterocycles. The van der Waals surface area contributed by atoms with E-state index in [4.69, 9.17) is 4.74 Å². The molecule has 0 atom stereocenters. The van der Waals surface area contributed by atoms with E-state index in [0.29, 0.717) is 17.7 Å². The number of hydrogen-bond donors (Lipinski definition) is 0. The van der Waals surface area contributed by atoms with Gasteiger partial charge >= 0.3 is 0 Å². The Morgan fingerprint density at radius 1 is 0.704 bits per heavy atom. The van der Waals surface area contributed by atoms with Gasteiger partial charge in [0.15, 0.2) is 34.8 Å². The van der Waals surface area contributed by atoms with Crippen LogP contribution in [0.15, 0.2) is 42.5 Å². The maximum atomic E-state index is 14.3. The second-order valence-electron chi connectivity index (χ2n) is 5.91. The molecule has 0 radical (unpaired) electrons. The lowest BCUT2D eigenvalue weighted by Gasteiger charge is -2.11. The van der Waals surface area contributed by atoms with Crippen LogP contribution in [0.3, 0.4) is 0 Å². The highest BCUT2D eigenvalue weighted by Crippen LogP contribution is 2.28. The smallest absolute Gasteiger partial charge is 0.194 e. The van der Waals surface area contributed by atoms with E-state index in [1.54, 1.807) is 0 Å². The van der Waals surface area contributed by atoms with E-state index in [0.717, 1.165) is 18.2 Å². The van der Waals surface area contributed by atoms with E-state index in [2.05, 4.69) is 0 Å². The Balaban J connectivity index is 1.84. The van der Waals surface area contributed by atoms with Crippen LogP contribution in [0.5, 0.6) is 5.75 Å². The van der Waals surface area contributed by atoms with E-state index in [1.807, 2.05) is 0 Å². The molecular weight excluding hydrogens is 370 g/mol. The van der Waals surface area contributed by atoms with E-state index >= 15 is 0 Å². The van der Waals surface area contributed by atoms with Gasteiger partial charge in [-0.2, -0.15) is 0 Å². The first-order chi connectivity index (χ1) is 12.8.